The summed E-state index contributed by atoms with van der Waals surface area (Å²) >= 11 is 0. The summed E-state index contributed by atoms with van der Waals surface area (Å²) in [5.41, 5.74) is 0.754. The van der Waals surface area contributed by atoms with Crippen molar-refractivity contribution in [1.82, 2.24) is 0 Å². The molecule has 1 aromatic carbocycles. The average molecular weight is 182 g/mol. The highest BCUT2D eigenvalue weighted by Crippen LogP contribution is 2.06. The van der Waals surface area contributed by atoms with Crippen LogP contribution in [0.25, 0.3) is 0 Å². The first-order chi connectivity index (χ1) is 6.09. The van der Waals surface area contributed by atoms with Crippen molar-refractivity contribution < 1.29 is 14.3 Å². The fourth-order valence-electron chi connectivity index (χ4n) is 0.987. The second-order valence-electron chi connectivity index (χ2n) is 2.96. The molecule has 1 aromatic rings. The molecule has 0 saturated carbocycles. The Morgan fingerprint density at radius 3 is 2.46 bits per heavy atom. The van der Waals surface area contributed by atoms with Gasteiger partial charge in [-0.05, 0) is 24.6 Å². The molecule has 1 atom stereocenters. The molecular formula is C10H11FO2. The predicted octanol–water partition coefficient (Wildman–Crippen LogP) is 1.32. The molecule has 0 unspecified atom stereocenters. The zero-order valence-corrected chi connectivity index (χ0v) is 7.33. The minimum atomic E-state index is -0.981. The third-order valence-electron chi connectivity index (χ3n) is 1.81. The molecule has 0 aliphatic heterocycles. The lowest BCUT2D eigenvalue weighted by atomic mass is 10.1. The molecule has 0 fully saturated rings. The number of Topliss-reactive ketones (excluding diaryl/α,β-unsaturated/α-hetero) is 1. The third kappa shape index (κ3) is 2.95. The lowest BCUT2D eigenvalue weighted by Crippen LogP contribution is -2.19. The minimum Gasteiger partial charge on any atom is -0.385 e. The molecule has 0 heterocycles. The van der Waals surface area contributed by atoms with Gasteiger partial charge in [0.1, 0.15) is 11.9 Å². The standard InChI is InChI=1S/C10H11FO2/c1-7(12)10(13)6-8-2-4-9(11)5-3-8/h2-5,10,13H,6H2,1H3/t10-/m1/s1. The maximum absolute atomic E-state index is 12.5. The van der Waals surface area contributed by atoms with Crippen molar-refractivity contribution in [2.45, 2.75) is 19.4 Å². The van der Waals surface area contributed by atoms with Gasteiger partial charge in [-0.1, -0.05) is 12.1 Å². The molecule has 0 radical (unpaired) electrons. The van der Waals surface area contributed by atoms with Crippen molar-refractivity contribution in [2.24, 2.45) is 0 Å². The Bertz CT molecular complexity index is 292. The lowest BCUT2D eigenvalue weighted by Gasteiger charge is -2.05. The van der Waals surface area contributed by atoms with E-state index in [1.807, 2.05) is 0 Å². The van der Waals surface area contributed by atoms with Gasteiger partial charge in [-0.2, -0.15) is 0 Å². The van der Waals surface area contributed by atoms with Crippen LogP contribution in [0.4, 0.5) is 4.39 Å². The van der Waals surface area contributed by atoms with Gasteiger partial charge < -0.3 is 5.11 Å². The van der Waals surface area contributed by atoms with E-state index >= 15 is 0 Å². The Morgan fingerprint density at radius 2 is 2.00 bits per heavy atom. The highest BCUT2D eigenvalue weighted by Gasteiger charge is 2.09. The molecular weight excluding hydrogens is 171 g/mol. The number of halogens is 1. The SMILES string of the molecule is CC(=O)[C@H](O)Cc1ccc(F)cc1. The van der Waals surface area contributed by atoms with Crippen molar-refractivity contribution in [2.75, 3.05) is 0 Å². The van der Waals surface area contributed by atoms with Gasteiger partial charge in [-0.15, -0.1) is 0 Å². The predicted molar refractivity (Wildman–Crippen MR) is 46.8 cm³/mol. The molecule has 1 rings (SSSR count). The molecule has 0 aromatic heterocycles. The van der Waals surface area contributed by atoms with Crippen molar-refractivity contribution in [3.05, 3.63) is 35.6 Å². The summed E-state index contributed by atoms with van der Waals surface area (Å²) in [7, 11) is 0. The molecule has 70 valence electrons. The van der Waals surface area contributed by atoms with Gasteiger partial charge in [0.05, 0.1) is 0 Å². The first-order valence-corrected chi connectivity index (χ1v) is 4.02. The minimum absolute atomic E-state index is 0.246. The number of benzene rings is 1. The fraction of sp³-hybridized carbons (Fsp3) is 0.300. The summed E-state index contributed by atoms with van der Waals surface area (Å²) in [6, 6.07) is 5.73. The summed E-state index contributed by atoms with van der Waals surface area (Å²) in [5, 5.41) is 9.21. The van der Waals surface area contributed by atoms with Gasteiger partial charge >= 0.3 is 0 Å². The molecule has 0 aliphatic carbocycles. The van der Waals surface area contributed by atoms with Crippen LogP contribution in [0.5, 0.6) is 0 Å². The molecule has 0 spiro atoms. The van der Waals surface area contributed by atoms with Crippen LogP contribution in [0.1, 0.15) is 12.5 Å². The van der Waals surface area contributed by atoms with Crippen LogP contribution >= 0.6 is 0 Å². The zero-order valence-electron chi connectivity index (χ0n) is 7.33. The Morgan fingerprint density at radius 1 is 1.46 bits per heavy atom. The lowest BCUT2D eigenvalue weighted by molar-refractivity contribution is -0.124. The van der Waals surface area contributed by atoms with Gasteiger partial charge in [-0.3, -0.25) is 4.79 Å². The average Bonchev–Trinajstić information content (AvgIpc) is 2.08. The van der Waals surface area contributed by atoms with E-state index in [1.165, 1.54) is 19.1 Å². The monoisotopic (exact) mass is 182 g/mol. The topological polar surface area (TPSA) is 37.3 Å². The maximum Gasteiger partial charge on any atom is 0.158 e. The van der Waals surface area contributed by atoms with E-state index in [2.05, 4.69) is 0 Å². The van der Waals surface area contributed by atoms with Crippen molar-refractivity contribution in [3.8, 4) is 0 Å². The number of carbonyl (C=O) groups excluding carboxylic acids is 1. The molecule has 1 N–H and O–H groups in total. The van der Waals surface area contributed by atoms with Crippen molar-refractivity contribution in [1.29, 1.82) is 0 Å². The quantitative estimate of drug-likeness (QED) is 0.765. The highest BCUT2D eigenvalue weighted by molar-refractivity contribution is 5.80. The van der Waals surface area contributed by atoms with Crippen LogP contribution in [0, 0.1) is 5.82 Å². The van der Waals surface area contributed by atoms with Crippen LogP contribution in [-0.4, -0.2) is 17.0 Å². The number of aliphatic hydroxyl groups is 1. The number of ketones is 1. The Kier molecular flexibility index (Phi) is 3.14. The number of hydrogen-bond donors (Lipinski definition) is 1. The summed E-state index contributed by atoms with van der Waals surface area (Å²) in [6.07, 6.45) is -0.735. The first kappa shape index (κ1) is 9.86. The molecule has 13 heavy (non-hydrogen) atoms. The fourth-order valence-corrected chi connectivity index (χ4v) is 0.987. The molecule has 0 bridgehead atoms. The first-order valence-electron chi connectivity index (χ1n) is 4.02. The Hall–Kier alpha value is -1.22. The Balaban J connectivity index is 2.64. The molecule has 0 saturated heterocycles. The van der Waals surface area contributed by atoms with E-state index in [9.17, 15) is 14.3 Å². The largest absolute Gasteiger partial charge is 0.385 e. The maximum atomic E-state index is 12.5. The smallest absolute Gasteiger partial charge is 0.158 e. The van der Waals surface area contributed by atoms with Crippen LogP contribution in [0.2, 0.25) is 0 Å². The van der Waals surface area contributed by atoms with Gasteiger partial charge in [0.2, 0.25) is 0 Å². The van der Waals surface area contributed by atoms with Crippen LogP contribution in [-0.2, 0) is 11.2 Å². The second kappa shape index (κ2) is 4.14. The molecule has 3 heteroatoms. The van der Waals surface area contributed by atoms with Crippen molar-refractivity contribution >= 4 is 5.78 Å². The number of aliphatic hydroxyl groups excluding tert-OH is 1. The number of carbonyl (C=O) groups is 1. The van der Waals surface area contributed by atoms with E-state index < -0.39 is 6.10 Å². The molecule has 0 aliphatic rings. The van der Waals surface area contributed by atoms with Gasteiger partial charge in [0, 0.05) is 6.42 Å². The van der Waals surface area contributed by atoms with E-state index in [1.54, 1.807) is 12.1 Å². The van der Waals surface area contributed by atoms with E-state index in [0.717, 1.165) is 5.56 Å². The van der Waals surface area contributed by atoms with Crippen LogP contribution in [0.3, 0.4) is 0 Å². The summed E-state index contributed by atoms with van der Waals surface area (Å²) in [4.78, 5) is 10.7. The van der Waals surface area contributed by atoms with Gasteiger partial charge in [0.15, 0.2) is 5.78 Å². The van der Waals surface area contributed by atoms with E-state index in [4.69, 9.17) is 0 Å². The zero-order chi connectivity index (χ0) is 9.84. The Labute approximate surface area is 76.0 Å². The van der Waals surface area contributed by atoms with Crippen LogP contribution in [0.15, 0.2) is 24.3 Å². The van der Waals surface area contributed by atoms with Gasteiger partial charge in [0.25, 0.3) is 0 Å². The van der Waals surface area contributed by atoms with E-state index in [-0.39, 0.29) is 18.0 Å². The summed E-state index contributed by atoms with van der Waals surface area (Å²) in [6.45, 7) is 1.33. The number of hydrogen-bond acceptors (Lipinski definition) is 2. The normalized spacial score (nSPS) is 12.5. The molecule has 0 amide bonds. The summed E-state index contributed by atoms with van der Waals surface area (Å²) in [5.74, 6) is -0.592. The van der Waals surface area contributed by atoms with Crippen molar-refractivity contribution in [3.63, 3.8) is 0 Å². The van der Waals surface area contributed by atoms with Crippen LogP contribution < -0.4 is 0 Å². The third-order valence-corrected chi connectivity index (χ3v) is 1.81. The second-order valence-corrected chi connectivity index (χ2v) is 2.96. The van der Waals surface area contributed by atoms with E-state index in [0.29, 0.717) is 0 Å². The molecule has 2 nitrogen and oxygen atoms in total. The van der Waals surface area contributed by atoms with Gasteiger partial charge in [-0.25, -0.2) is 4.39 Å². The summed E-state index contributed by atoms with van der Waals surface area (Å²) < 4.78 is 12.5. The highest BCUT2D eigenvalue weighted by atomic mass is 19.1. The number of rotatable bonds is 3.